The zero-order valence-electron chi connectivity index (χ0n) is 38.2. The van der Waals surface area contributed by atoms with Crippen molar-refractivity contribution in [2.24, 2.45) is 17.6 Å². The number of imidazole rings is 2. The summed E-state index contributed by atoms with van der Waals surface area (Å²) in [7, 11) is 2.87. The second kappa shape index (κ2) is 22.5. The second-order valence-electron chi connectivity index (χ2n) is 16.8. The number of nitrogens with two attached hydrogens (primary N) is 1. The van der Waals surface area contributed by atoms with E-state index in [-0.39, 0.29) is 16.7 Å². The predicted octanol–water partition coefficient (Wildman–Crippen LogP) is 9.86. The van der Waals surface area contributed by atoms with Crippen LogP contribution in [-0.2, 0) is 0 Å². The molecule has 0 radical (unpaired) electrons. The van der Waals surface area contributed by atoms with Crippen molar-refractivity contribution in [3.8, 4) is 45.5 Å². The van der Waals surface area contributed by atoms with Crippen LogP contribution in [0.3, 0.4) is 0 Å². The van der Waals surface area contributed by atoms with Gasteiger partial charge in [-0.3, -0.25) is 0 Å². The van der Waals surface area contributed by atoms with Gasteiger partial charge in [-0.15, -0.1) is 31.4 Å². The lowest BCUT2D eigenvalue weighted by atomic mass is 9.96. The third kappa shape index (κ3) is 14.0. The monoisotopic (exact) mass is 962 g/mol. The van der Waals surface area contributed by atoms with E-state index < -0.39 is 12.7 Å². The molecule has 0 spiro atoms. The van der Waals surface area contributed by atoms with Crippen molar-refractivity contribution in [3.63, 3.8) is 0 Å². The lowest BCUT2D eigenvalue weighted by Crippen LogP contribution is -2.40. The standard InChI is InChI=1S/C23H28F3N5O2.C14H9ClF3N3O2.C9H20N2/c1-15(2)30-10-8-16(9-11-30)13-27-21-6-7-22-28-14-19(31(22)29-21)18-12-17(33-23(24,25)26)4-5-20(18)32-3;1-22-11-3-2-8(23-14(16,17)18)6-9(11)10-7-19-13-5-4-12(15)20-21(10)13;1-8(2)11-5-3-9(7-10)4-6-11/h4-7,12,14-16H,8-11,13H2,1-3H3,(H,27,29);2-7H,1H3;8-9H,3-7,10H2,1-2H3. The fourth-order valence-corrected chi connectivity index (χ4v) is 8.12. The first-order chi connectivity index (χ1) is 31.8. The van der Waals surface area contributed by atoms with E-state index in [1.807, 2.05) is 12.1 Å². The van der Waals surface area contributed by atoms with Gasteiger partial charge in [-0.2, -0.15) is 5.10 Å². The Labute approximate surface area is 390 Å². The van der Waals surface area contributed by atoms with E-state index >= 15 is 0 Å². The summed E-state index contributed by atoms with van der Waals surface area (Å²) in [4.78, 5) is 13.5. The number of fused-ring (bicyclic) bond motifs is 2. The van der Waals surface area contributed by atoms with E-state index in [1.165, 1.54) is 87.3 Å². The van der Waals surface area contributed by atoms with Crippen molar-refractivity contribution in [2.75, 3.05) is 58.8 Å². The number of aromatic nitrogens is 6. The van der Waals surface area contributed by atoms with E-state index in [9.17, 15) is 26.3 Å². The lowest BCUT2D eigenvalue weighted by Gasteiger charge is -2.34. The van der Waals surface area contributed by atoms with Gasteiger partial charge in [-0.1, -0.05) is 11.6 Å². The van der Waals surface area contributed by atoms with Crippen LogP contribution >= 0.6 is 11.6 Å². The molecule has 6 aromatic rings. The summed E-state index contributed by atoms with van der Waals surface area (Å²) in [5.74, 6) is 2.07. The molecule has 364 valence electrons. The molecule has 2 saturated heterocycles. The topological polar surface area (TPSA) is 142 Å². The number of likely N-dealkylation sites (tertiary alicyclic amines) is 2. The lowest BCUT2D eigenvalue weighted by molar-refractivity contribution is -0.275. The number of piperidine rings is 2. The van der Waals surface area contributed by atoms with Crippen LogP contribution in [-0.4, -0.2) is 117 Å². The van der Waals surface area contributed by atoms with Gasteiger partial charge in [0.2, 0.25) is 0 Å². The van der Waals surface area contributed by atoms with Gasteiger partial charge in [-0.05, 0) is 159 Å². The maximum Gasteiger partial charge on any atom is 0.573 e. The van der Waals surface area contributed by atoms with E-state index in [0.717, 1.165) is 44.9 Å². The number of ether oxygens (including phenoxy) is 4. The van der Waals surface area contributed by atoms with Crippen LogP contribution in [0.2, 0.25) is 5.15 Å². The van der Waals surface area contributed by atoms with Crippen LogP contribution in [0.25, 0.3) is 33.8 Å². The summed E-state index contributed by atoms with van der Waals surface area (Å²) in [6, 6.07) is 15.8. The van der Waals surface area contributed by atoms with E-state index in [2.05, 4.69) is 72.5 Å². The molecule has 2 fully saturated rings. The number of alkyl halides is 6. The van der Waals surface area contributed by atoms with E-state index in [4.69, 9.17) is 26.8 Å². The molecular formula is C46H57ClF6N10O4. The maximum atomic E-state index is 12.7. The number of benzene rings is 2. The highest BCUT2D eigenvalue weighted by Crippen LogP contribution is 2.37. The number of hydrogen-bond donors (Lipinski definition) is 2. The second-order valence-corrected chi connectivity index (χ2v) is 17.2. The first kappa shape index (κ1) is 50.8. The van der Waals surface area contributed by atoms with Gasteiger partial charge in [0.25, 0.3) is 0 Å². The Morgan fingerprint density at radius 1 is 0.657 bits per heavy atom. The Morgan fingerprint density at radius 3 is 1.54 bits per heavy atom. The Bertz CT molecular complexity index is 2520. The summed E-state index contributed by atoms with van der Waals surface area (Å²) in [6.45, 7) is 15.4. The quantitative estimate of drug-likeness (QED) is 0.113. The van der Waals surface area contributed by atoms with Gasteiger partial charge >= 0.3 is 12.7 Å². The molecule has 0 saturated carbocycles. The van der Waals surface area contributed by atoms with Crippen molar-refractivity contribution in [1.29, 1.82) is 0 Å². The predicted molar refractivity (Wildman–Crippen MR) is 245 cm³/mol. The van der Waals surface area contributed by atoms with Crippen molar-refractivity contribution in [3.05, 3.63) is 78.2 Å². The smallest absolute Gasteiger partial charge is 0.496 e. The Morgan fingerprint density at radius 2 is 1.10 bits per heavy atom. The fraction of sp³-hybridized carbons (Fsp3) is 0.478. The van der Waals surface area contributed by atoms with E-state index in [0.29, 0.717) is 69.1 Å². The molecule has 14 nitrogen and oxygen atoms in total. The normalized spacial score (nSPS) is 15.6. The summed E-state index contributed by atoms with van der Waals surface area (Å²) in [5.41, 5.74) is 8.35. The molecule has 8 rings (SSSR count). The molecule has 0 unspecified atom stereocenters. The van der Waals surface area contributed by atoms with Crippen LogP contribution in [0.15, 0.2) is 73.1 Å². The first-order valence-electron chi connectivity index (χ1n) is 22.0. The van der Waals surface area contributed by atoms with Crippen LogP contribution in [0, 0.1) is 11.8 Å². The zero-order chi connectivity index (χ0) is 48.5. The number of anilines is 1. The summed E-state index contributed by atoms with van der Waals surface area (Å²) < 4.78 is 96.9. The molecule has 2 aromatic carbocycles. The molecule has 0 aliphatic carbocycles. The number of methoxy groups -OCH3 is 2. The van der Waals surface area contributed by atoms with Crippen LogP contribution in [0.1, 0.15) is 53.4 Å². The van der Waals surface area contributed by atoms with E-state index in [1.54, 1.807) is 22.8 Å². The molecule has 2 aliphatic heterocycles. The molecule has 0 amide bonds. The van der Waals surface area contributed by atoms with Crippen molar-refractivity contribution in [1.82, 2.24) is 39.0 Å². The third-order valence-corrected chi connectivity index (χ3v) is 11.9. The van der Waals surface area contributed by atoms with Gasteiger partial charge in [0.05, 0.1) is 38.0 Å². The number of hydrogen-bond acceptors (Lipinski definition) is 12. The highest BCUT2D eigenvalue weighted by Gasteiger charge is 2.33. The molecule has 0 atom stereocenters. The fourth-order valence-electron chi connectivity index (χ4n) is 7.98. The van der Waals surface area contributed by atoms with Crippen molar-refractivity contribution < 1.29 is 45.3 Å². The number of nitrogens with one attached hydrogen (secondary N) is 1. The first-order valence-corrected chi connectivity index (χ1v) is 22.4. The number of halogens is 7. The Kier molecular flexibility index (Phi) is 17.1. The summed E-state index contributed by atoms with van der Waals surface area (Å²) in [5, 5.41) is 12.4. The SMILES string of the molecule is CC(C)N1CCC(CN)CC1.COc1ccc(OC(F)(F)F)cc1-c1cnc2ccc(Cl)nn12.COc1ccc(OC(F)(F)F)cc1-c1cnc2ccc(NCC3CCN(C(C)C)CC3)nn12. The third-order valence-electron chi connectivity index (χ3n) is 11.7. The van der Waals surface area contributed by atoms with Crippen LogP contribution < -0.4 is 30.0 Å². The molecule has 2 aliphatic rings. The van der Waals surface area contributed by atoms with Crippen LogP contribution in [0.4, 0.5) is 32.2 Å². The molecule has 67 heavy (non-hydrogen) atoms. The maximum absolute atomic E-state index is 12.7. The summed E-state index contributed by atoms with van der Waals surface area (Å²) >= 11 is 5.86. The van der Waals surface area contributed by atoms with Gasteiger partial charge in [0.1, 0.15) is 34.0 Å². The Balaban J connectivity index is 0.000000188. The molecule has 3 N–H and O–H groups in total. The molecule has 6 heterocycles. The van der Waals surface area contributed by atoms with Crippen LogP contribution in [0.5, 0.6) is 23.0 Å². The highest BCUT2D eigenvalue weighted by molar-refractivity contribution is 6.29. The Hall–Kier alpha value is -5.57. The highest BCUT2D eigenvalue weighted by atomic mass is 35.5. The molecule has 21 heteroatoms. The van der Waals surface area contributed by atoms with Gasteiger partial charge in [0.15, 0.2) is 11.3 Å². The van der Waals surface area contributed by atoms with Crippen molar-refractivity contribution >= 4 is 28.7 Å². The summed E-state index contributed by atoms with van der Waals surface area (Å²) in [6.07, 6.45) is -1.68. The minimum atomic E-state index is -4.79. The minimum absolute atomic E-state index is 0.221. The minimum Gasteiger partial charge on any atom is -0.496 e. The van der Waals surface area contributed by atoms with Crippen molar-refractivity contribution in [2.45, 2.75) is 78.2 Å². The number of nitrogens with zero attached hydrogens (tertiary/aromatic N) is 8. The largest absolute Gasteiger partial charge is 0.573 e. The van der Waals surface area contributed by atoms with Gasteiger partial charge in [0, 0.05) is 29.8 Å². The van der Waals surface area contributed by atoms with Gasteiger partial charge in [-0.25, -0.2) is 19.0 Å². The van der Waals surface area contributed by atoms with Gasteiger partial charge < -0.3 is 39.8 Å². The molecular weight excluding hydrogens is 906 g/mol. The zero-order valence-corrected chi connectivity index (χ0v) is 39.0. The average molecular weight is 963 g/mol. The number of rotatable bonds is 12. The average Bonchev–Trinajstić information content (AvgIpc) is 3.91. The molecule has 4 aromatic heterocycles. The molecule has 0 bridgehead atoms.